The van der Waals surface area contributed by atoms with Gasteiger partial charge < -0.3 is 4.42 Å². The monoisotopic (exact) mass is 325 g/mol. The summed E-state index contributed by atoms with van der Waals surface area (Å²) < 4.78 is 5.50. The maximum absolute atomic E-state index is 11.8. The average molecular weight is 326 g/mol. The molecule has 0 unspecified atom stereocenters. The fourth-order valence-electron chi connectivity index (χ4n) is 1.94. The quantitative estimate of drug-likeness (QED) is 0.586. The van der Waals surface area contributed by atoms with Gasteiger partial charge in [-0.15, -0.1) is 0 Å². The molecule has 114 valence electrons. The molecule has 3 rings (SSSR count). The highest BCUT2D eigenvalue weighted by Gasteiger charge is 2.09. The van der Waals surface area contributed by atoms with Crippen LogP contribution < -0.4 is 5.43 Å². The Morgan fingerprint density at radius 1 is 1.17 bits per heavy atom. The number of aromatic nitrogens is 1. The first-order valence-corrected chi connectivity index (χ1v) is 7.20. The van der Waals surface area contributed by atoms with E-state index in [9.17, 15) is 4.79 Å². The zero-order chi connectivity index (χ0) is 16.1. The van der Waals surface area contributed by atoms with Gasteiger partial charge in [-0.3, -0.25) is 9.78 Å². The third-order valence-corrected chi connectivity index (χ3v) is 3.38. The van der Waals surface area contributed by atoms with E-state index in [1.807, 2.05) is 30.3 Å². The number of nitrogens with zero attached hydrogens (tertiary/aromatic N) is 2. The summed E-state index contributed by atoms with van der Waals surface area (Å²) in [6.45, 7) is 0. The van der Waals surface area contributed by atoms with Gasteiger partial charge in [0.1, 0.15) is 5.76 Å². The zero-order valence-electron chi connectivity index (χ0n) is 11.9. The second-order valence-corrected chi connectivity index (χ2v) is 4.98. The first-order valence-electron chi connectivity index (χ1n) is 6.82. The van der Waals surface area contributed by atoms with Crippen molar-refractivity contribution < 1.29 is 9.21 Å². The Morgan fingerprint density at radius 3 is 2.65 bits per heavy atom. The maximum atomic E-state index is 11.8. The fraction of sp³-hybridized carbons (Fsp3) is 0. The molecule has 0 aliphatic heterocycles. The lowest BCUT2D eigenvalue weighted by atomic mass is 10.1. The van der Waals surface area contributed by atoms with Crippen molar-refractivity contribution in [1.29, 1.82) is 0 Å². The molecule has 0 radical (unpaired) electrons. The minimum absolute atomic E-state index is 0.214. The summed E-state index contributed by atoms with van der Waals surface area (Å²) in [5, 5.41) is 4.11. The Balaban J connectivity index is 1.71. The van der Waals surface area contributed by atoms with Gasteiger partial charge in [0.15, 0.2) is 0 Å². The van der Waals surface area contributed by atoms with Crippen molar-refractivity contribution in [3.05, 3.63) is 77.3 Å². The third-order valence-electron chi connectivity index (χ3n) is 3.08. The number of halogens is 1. The van der Waals surface area contributed by atoms with Gasteiger partial charge in [-0.05, 0) is 29.8 Å². The molecule has 2 heterocycles. The van der Waals surface area contributed by atoms with Crippen molar-refractivity contribution in [2.45, 2.75) is 0 Å². The van der Waals surface area contributed by atoms with E-state index < -0.39 is 0 Å². The molecule has 3 aromatic rings. The van der Waals surface area contributed by atoms with Gasteiger partial charge >= 0.3 is 0 Å². The normalized spacial score (nSPS) is 10.8. The molecule has 0 fully saturated rings. The number of carbonyl (C=O) groups excluding carboxylic acids is 1. The molecule has 23 heavy (non-hydrogen) atoms. The second-order valence-electron chi connectivity index (χ2n) is 4.64. The van der Waals surface area contributed by atoms with Gasteiger partial charge in [0, 0.05) is 23.5 Å². The third kappa shape index (κ3) is 3.64. The molecule has 0 spiro atoms. The largest absolute Gasteiger partial charge is 0.444 e. The predicted octanol–water partition coefficient (Wildman–Crippen LogP) is 3.76. The molecule has 0 saturated carbocycles. The van der Waals surface area contributed by atoms with E-state index in [0.29, 0.717) is 16.9 Å². The summed E-state index contributed by atoms with van der Waals surface area (Å²) in [5.41, 5.74) is 4.39. The molecular formula is C17H12ClN3O2. The zero-order valence-corrected chi connectivity index (χ0v) is 12.7. The molecule has 1 aromatic carbocycles. The van der Waals surface area contributed by atoms with Crippen LogP contribution in [0.4, 0.5) is 0 Å². The highest BCUT2D eigenvalue weighted by atomic mass is 35.5. The van der Waals surface area contributed by atoms with Crippen molar-refractivity contribution in [1.82, 2.24) is 10.4 Å². The van der Waals surface area contributed by atoms with E-state index in [1.54, 1.807) is 18.2 Å². The van der Waals surface area contributed by atoms with Crippen LogP contribution in [0.2, 0.25) is 5.22 Å². The molecule has 1 N–H and O–H groups in total. The number of hydrazone groups is 1. The molecule has 1 amide bonds. The number of hydrogen-bond donors (Lipinski definition) is 1. The Hall–Kier alpha value is -2.92. The predicted molar refractivity (Wildman–Crippen MR) is 88.5 cm³/mol. The summed E-state index contributed by atoms with van der Waals surface area (Å²) >= 11 is 6.05. The number of carbonyl (C=O) groups is 1. The van der Waals surface area contributed by atoms with Crippen LogP contribution in [0.15, 0.2) is 70.4 Å². The standard InChI is InChI=1S/C17H12ClN3O2/c18-16-14(10-15(23-16)12-4-2-1-3-5-12)11-20-21-17(22)13-6-8-19-9-7-13/h1-11H,(H,21,22)/b20-11-. The number of benzene rings is 1. The first-order chi connectivity index (χ1) is 11.2. The van der Waals surface area contributed by atoms with Gasteiger partial charge in [-0.25, -0.2) is 5.43 Å². The molecule has 0 aliphatic rings. The van der Waals surface area contributed by atoms with Crippen LogP contribution in [0.5, 0.6) is 0 Å². The topological polar surface area (TPSA) is 67.5 Å². The van der Waals surface area contributed by atoms with Crippen LogP contribution >= 0.6 is 11.6 Å². The summed E-state index contributed by atoms with van der Waals surface area (Å²) in [5.74, 6) is 0.309. The lowest BCUT2D eigenvalue weighted by Gasteiger charge is -1.97. The minimum atomic E-state index is -0.327. The Bertz CT molecular complexity index is 830. The summed E-state index contributed by atoms with van der Waals surface area (Å²) in [7, 11) is 0. The van der Waals surface area contributed by atoms with Crippen molar-refractivity contribution in [3.8, 4) is 11.3 Å². The van der Waals surface area contributed by atoms with Crippen LogP contribution in [0.25, 0.3) is 11.3 Å². The molecule has 5 nitrogen and oxygen atoms in total. The van der Waals surface area contributed by atoms with Gasteiger partial charge in [0.05, 0.1) is 11.8 Å². The lowest BCUT2D eigenvalue weighted by Crippen LogP contribution is -2.17. The molecule has 2 aromatic heterocycles. The number of nitrogens with one attached hydrogen (secondary N) is 1. The first kappa shape index (κ1) is 15.0. The van der Waals surface area contributed by atoms with Crippen LogP contribution in [-0.2, 0) is 0 Å². The van der Waals surface area contributed by atoms with E-state index in [-0.39, 0.29) is 11.1 Å². The fourth-order valence-corrected chi connectivity index (χ4v) is 2.13. The van der Waals surface area contributed by atoms with E-state index in [4.69, 9.17) is 16.0 Å². The molecule has 0 bridgehead atoms. The van der Waals surface area contributed by atoms with Crippen molar-refractivity contribution in [3.63, 3.8) is 0 Å². The van der Waals surface area contributed by atoms with E-state index in [1.165, 1.54) is 18.6 Å². The van der Waals surface area contributed by atoms with E-state index >= 15 is 0 Å². The highest BCUT2D eigenvalue weighted by Crippen LogP contribution is 2.27. The summed E-state index contributed by atoms with van der Waals surface area (Å²) in [6, 6.07) is 14.5. The molecule has 0 atom stereocenters. The number of rotatable bonds is 4. The SMILES string of the molecule is O=C(N/N=C\c1cc(-c2ccccc2)oc1Cl)c1ccncc1. The van der Waals surface area contributed by atoms with Gasteiger partial charge in [0.2, 0.25) is 5.22 Å². The van der Waals surface area contributed by atoms with E-state index in [0.717, 1.165) is 5.56 Å². The molecule has 0 aliphatic carbocycles. The van der Waals surface area contributed by atoms with Crippen LogP contribution in [0.1, 0.15) is 15.9 Å². The van der Waals surface area contributed by atoms with Gasteiger partial charge in [0.25, 0.3) is 5.91 Å². The van der Waals surface area contributed by atoms with Crippen molar-refractivity contribution in [2.75, 3.05) is 0 Å². The minimum Gasteiger partial charge on any atom is -0.444 e. The maximum Gasteiger partial charge on any atom is 0.271 e. The highest BCUT2D eigenvalue weighted by molar-refractivity contribution is 6.31. The van der Waals surface area contributed by atoms with Gasteiger partial charge in [-0.1, -0.05) is 30.3 Å². The second kappa shape index (κ2) is 6.89. The molecule has 0 saturated heterocycles. The number of furan rings is 1. The molecular weight excluding hydrogens is 314 g/mol. The smallest absolute Gasteiger partial charge is 0.271 e. The lowest BCUT2D eigenvalue weighted by molar-refractivity contribution is 0.0955. The Kier molecular flexibility index (Phi) is 4.49. The van der Waals surface area contributed by atoms with E-state index in [2.05, 4.69) is 15.5 Å². The van der Waals surface area contributed by atoms with Crippen molar-refractivity contribution >= 4 is 23.7 Å². The van der Waals surface area contributed by atoms with Crippen LogP contribution in [-0.4, -0.2) is 17.1 Å². The van der Waals surface area contributed by atoms with Crippen molar-refractivity contribution in [2.24, 2.45) is 5.10 Å². The van der Waals surface area contributed by atoms with Gasteiger partial charge in [-0.2, -0.15) is 5.10 Å². The number of hydrogen-bond acceptors (Lipinski definition) is 4. The summed E-state index contributed by atoms with van der Waals surface area (Å²) in [4.78, 5) is 15.7. The van der Waals surface area contributed by atoms with Crippen LogP contribution in [0.3, 0.4) is 0 Å². The Labute approximate surface area is 137 Å². The Morgan fingerprint density at radius 2 is 1.91 bits per heavy atom. The summed E-state index contributed by atoms with van der Waals surface area (Å²) in [6.07, 6.45) is 4.52. The average Bonchev–Trinajstić information content (AvgIpc) is 2.97. The number of pyridine rings is 1. The number of amides is 1. The van der Waals surface area contributed by atoms with Crippen LogP contribution in [0, 0.1) is 0 Å². The molecule has 6 heteroatoms.